The predicted molar refractivity (Wildman–Crippen MR) is 101 cm³/mol. The van der Waals surface area contributed by atoms with E-state index in [4.69, 9.17) is 14.6 Å². The molecule has 3 rings (SSSR count). The van der Waals surface area contributed by atoms with Crippen molar-refractivity contribution in [1.82, 2.24) is 0 Å². The fourth-order valence-electron chi connectivity index (χ4n) is 3.48. The van der Waals surface area contributed by atoms with Crippen LogP contribution in [0, 0.1) is 12.8 Å². The lowest BCUT2D eigenvalue weighted by molar-refractivity contribution is -0.152. The number of carbonyl (C=O) groups is 2. The molecule has 4 N–H and O–H groups in total. The maximum atomic E-state index is 12.7. The minimum atomic E-state index is -1.88. The summed E-state index contributed by atoms with van der Waals surface area (Å²) in [5, 5.41) is 39.2. The van der Waals surface area contributed by atoms with Gasteiger partial charge in [0.15, 0.2) is 5.60 Å². The average Bonchev–Trinajstić information content (AvgIpc) is 2.64. The summed E-state index contributed by atoms with van der Waals surface area (Å²) < 4.78 is 10.9. The second kappa shape index (κ2) is 7.73. The maximum Gasteiger partial charge on any atom is 0.343 e. The zero-order valence-corrected chi connectivity index (χ0v) is 16.0. The monoisotopic (exact) mass is 402 g/mol. The van der Waals surface area contributed by atoms with Crippen molar-refractivity contribution in [2.45, 2.75) is 25.6 Å². The lowest BCUT2D eigenvalue weighted by Gasteiger charge is -2.41. The summed E-state index contributed by atoms with van der Waals surface area (Å²) in [6.07, 6.45) is 4.53. The van der Waals surface area contributed by atoms with Crippen LogP contribution in [0.25, 0.3) is 0 Å². The first-order chi connectivity index (χ1) is 13.7. The molecular weight excluding hydrogens is 380 g/mol. The van der Waals surface area contributed by atoms with E-state index < -0.39 is 35.1 Å². The third-order valence-electron chi connectivity index (χ3n) is 5.10. The Morgan fingerprint density at radius 1 is 1.34 bits per heavy atom. The van der Waals surface area contributed by atoms with Gasteiger partial charge >= 0.3 is 5.97 Å². The van der Waals surface area contributed by atoms with E-state index >= 15 is 0 Å². The van der Waals surface area contributed by atoms with E-state index in [9.17, 15) is 24.9 Å². The van der Waals surface area contributed by atoms with Gasteiger partial charge in [-0.05, 0) is 49.3 Å². The Hall–Kier alpha value is -3.10. The fraction of sp³-hybridized carbons (Fsp3) is 0.333. The summed E-state index contributed by atoms with van der Waals surface area (Å²) in [7, 11) is 0. The van der Waals surface area contributed by atoms with Gasteiger partial charge in [-0.2, -0.15) is 0 Å². The van der Waals surface area contributed by atoms with Crippen molar-refractivity contribution in [3.63, 3.8) is 0 Å². The standard InChI is InChI=1S/C21H22O8/c1-11-6-13(23)9-16(24)18(11)20(27)29-21(2)17(25)8-12-7-14(4-3-5-22)28-10-15(12)19(21)26/h3-4,6-9,15,19,22-24,26H,5,10H2,1-2H3. The highest BCUT2D eigenvalue weighted by Gasteiger charge is 2.52. The molecule has 154 valence electrons. The molecule has 1 aromatic carbocycles. The quantitative estimate of drug-likeness (QED) is 0.554. The molecule has 2 aliphatic rings. The number of esters is 1. The summed E-state index contributed by atoms with van der Waals surface area (Å²) in [5.41, 5.74) is -1.29. The summed E-state index contributed by atoms with van der Waals surface area (Å²) in [5.74, 6) is -2.48. The van der Waals surface area contributed by atoms with Crippen LogP contribution in [-0.4, -0.2) is 57.1 Å². The van der Waals surface area contributed by atoms with Crippen molar-refractivity contribution in [1.29, 1.82) is 0 Å². The summed E-state index contributed by atoms with van der Waals surface area (Å²) >= 11 is 0. The number of carbonyl (C=O) groups excluding carboxylic acids is 2. The number of aryl methyl sites for hydroxylation is 1. The van der Waals surface area contributed by atoms with Gasteiger partial charge in [-0.15, -0.1) is 0 Å². The van der Waals surface area contributed by atoms with E-state index in [0.29, 0.717) is 11.3 Å². The SMILES string of the molecule is Cc1cc(O)cc(O)c1C(=O)OC1(C)C(=O)C=C2C=C(C=CCO)OCC2C1O. The van der Waals surface area contributed by atoms with Crippen LogP contribution < -0.4 is 0 Å². The van der Waals surface area contributed by atoms with E-state index in [2.05, 4.69) is 0 Å². The van der Waals surface area contributed by atoms with Crippen molar-refractivity contribution in [3.8, 4) is 11.5 Å². The number of phenols is 2. The number of fused-ring (bicyclic) bond motifs is 1. The van der Waals surface area contributed by atoms with Gasteiger partial charge in [0.2, 0.25) is 5.78 Å². The van der Waals surface area contributed by atoms with Gasteiger partial charge in [-0.3, -0.25) is 4.79 Å². The van der Waals surface area contributed by atoms with Crippen LogP contribution in [0.3, 0.4) is 0 Å². The molecular formula is C21H22O8. The zero-order valence-electron chi connectivity index (χ0n) is 16.0. The smallest absolute Gasteiger partial charge is 0.343 e. The molecule has 0 amide bonds. The normalized spacial score (nSPS) is 26.4. The fourth-order valence-corrected chi connectivity index (χ4v) is 3.48. The number of aliphatic hydroxyl groups excluding tert-OH is 2. The minimum absolute atomic E-state index is 0.0541. The molecule has 0 radical (unpaired) electrons. The first-order valence-corrected chi connectivity index (χ1v) is 8.99. The van der Waals surface area contributed by atoms with Gasteiger partial charge in [-0.25, -0.2) is 4.79 Å². The number of phenolic OH excluding ortho intramolecular Hbond substituents is 2. The maximum absolute atomic E-state index is 12.7. The van der Waals surface area contributed by atoms with E-state index in [0.717, 1.165) is 6.07 Å². The summed E-state index contributed by atoms with van der Waals surface area (Å²) in [4.78, 5) is 25.4. The highest BCUT2D eigenvalue weighted by molar-refractivity contribution is 6.03. The summed E-state index contributed by atoms with van der Waals surface area (Å²) in [6.45, 7) is 2.69. The van der Waals surface area contributed by atoms with Crippen molar-refractivity contribution < 1.29 is 39.5 Å². The zero-order chi connectivity index (χ0) is 21.3. The lowest BCUT2D eigenvalue weighted by atomic mass is 9.74. The number of aromatic hydroxyl groups is 2. The molecule has 0 bridgehead atoms. The average molecular weight is 402 g/mol. The van der Waals surface area contributed by atoms with Crippen molar-refractivity contribution in [2.75, 3.05) is 13.2 Å². The first kappa shape index (κ1) is 20.6. The number of benzene rings is 1. The van der Waals surface area contributed by atoms with Gasteiger partial charge in [0.25, 0.3) is 0 Å². The Balaban J connectivity index is 1.91. The molecule has 8 heteroatoms. The van der Waals surface area contributed by atoms with Crippen LogP contribution in [0.4, 0.5) is 0 Å². The van der Waals surface area contributed by atoms with Gasteiger partial charge < -0.3 is 29.9 Å². The largest absolute Gasteiger partial charge is 0.508 e. The van der Waals surface area contributed by atoms with Gasteiger partial charge in [0, 0.05) is 12.0 Å². The second-order valence-electron chi connectivity index (χ2n) is 7.16. The molecule has 0 saturated carbocycles. The van der Waals surface area contributed by atoms with Crippen molar-refractivity contribution >= 4 is 11.8 Å². The van der Waals surface area contributed by atoms with Crippen molar-refractivity contribution in [3.05, 3.63) is 58.9 Å². The molecule has 8 nitrogen and oxygen atoms in total. The van der Waals surface area contributed by atoms with Gasteiger partial charge in [0.1, 0.15) is 28.9 Å². The number of rotatable bonds is 4. The van der Waals surface area contributed by atoms with Gasteiger partial charge in [-0.1, -0.05) is 6.08 Å². The van der Waals surface area contributed by atoms with E-state index in [-0.39, 0.29) is 30.1 Å². The molecule has 0 fully saturated rings. The Labute approximate surface area is 167 Å². The minimum Gasteiger partial charge on any atom is -0.508 e. The van der Waals surface area contributed by atoms with Crippen molar-refractivity contribution in [2.24, 2.45) is 5.92 Å². The topological polar surface area (TPSA) is 134 Å². The Morgan fingerprint density at radius 2 is 2.07 bits per heavy atom. The van der Waals surface area contributed by atoms with E-state index in [1.54, 1.807) is 12.2 Å². The summed E-state index contributed by atoms with van der Waals surface area (Å²) in [6, 6.07) is 2.27. The number of hydrogen-bond donors (Lipinski definition) is 4. The Morgan fingerprint density at radius 3 is 2.72 bits per heavy atom. The number of aliphatic hydroxyl groups is 2. The van der Waals surface area contributed by atoms with Crippen LogP contribution >= 0.6 is 0 Å². The highest BCUT2D eigenvalue weighted by Crippen LogP contribution is 2.38. The molecule has 0 saturated heterocycles. The highest BCUT2D eigenvalue weighted by atomic mass is 16.6. The van der Waals surface area contributed by atoms with Gasteiger partial charge in [0.05, 0.1) is 13.2 Å². The molecule has 29 heavy (non-hydrogen) atoms. The molecule has 1 aliphatic carbocycles. The number of hydrogen-bond acceptors (Lipinski definition) is 8. The predicted octanol–water partition coefficient (Wildman–Crippen LogP) is 1.27. The number of ketones is 1. The first-order valence-electron chi connectivity index (χ1n) is 8.99. The molecule has 3 atom stereocenters. The Bertz CT molecular complexity index is 919. The third kappa shape index (κ3) is 3.76. The Kier molecular flexibility index (Phi) is 5.50. The molecule has 1 aromatic rings. The van der Waals surface area contributed by atoms with E-state index in [1.165, 1.54) is 32.1 Å². The second-order valence-corrected chi connectivity index (χ2v) is 7.16. The van der Waals surface area contributed by atoms with Crippen LogP contribution in [0.1, 0.15) is 22.8 Å². The number of allylic oxidation sites excluding steroid dienone is 2. The molecule has 3 unspecified atom stereocenters. The van der Waals surface area contributed by atoms with Crippen LogP contribution in [0.5, 0.6) is 11.5 Å². The molecule has 1 heterocycles. The molecule has 1 aliphatic heterocycles. The van der Waals surface area contributed by atoms with Crippen LogP contribution in [-0.2, 0) is 14.3 Å². The lowest BCUT2D eigenvalue weighted by Crippen LogP contribution is -2.57. The molecule has 0 aromatic heterocycles. The van der Waals surface area contributed by atoms with Crippen LogP contribution in [0.2, 0.25) is 0 Å². The number of ether oxygens (including phenoxy) is 2. The van der Waals surface area contributed by atoms with E-state index in [1.807, 2.05) is 0 Å². The third-order valence-corrected chi connectivity index (χ3v) is 5.10. The molecule has 0 spiro atoms. The van der Waals surface area contributed by atoms with Crippen LogP contribution in [0.15, 0.2) is 47.8 Å².